The number of hydrogen-bond donors (Lipinski definition) is 0. The van der Waals surface area contributed by atoms with Crippen molar-refractivity contribution in [1.29, 1.82) is 0 Å². The molecule has 1 aromatic carbocycles. The van der Waals surface area contributed by atoms with Gasteiger partial charge in [-0.3, -0.25) is 4.40 Å². The number of aromatic nitrogens is 4. The lowest BCUT2D eigenvalue weighted by molar-refractivity contribution is 0.736. The van der Waals surface area contributed by atoms with Crippen LogP contribution in [0.5, 0.6) is 0 Å². The van der Waals surface area contributed by atoms with Gasteiger partial charge in [0.1, 0.15) is 12.0 Å². The minimum absolute atomic E-state index is 0.571. The summed E-state index contributed by atoms with van der Waals surface area (Å²) in [5.74, 6) is 0. The molecule has 0 unspecified atom stereocenters. The molecule has 0 amide bonds. The third-order valence-corrected chi connectivity index (χ3v) is 2.88. The Balaban J connectivity index is 2.53. The molecule has 0 aliphatic heterocycles. The average molecular weight is 247 g/mol. The van der Waals surface area contributed by atoms with E-state index in [1.807, 2.05) is 42.5 Å². The van der Waals surface area contributed by atoms with Crippen LogP contribution in [-0.2, 0) is 4.87 Å². The summed E-state index contributed by atoms with van der Waals surface area (Å²) in [4.78, 5) is 4.02. The maximum absolute atomic E-state index is 6.35. The molecule has 4 nitrogen and oxygen atoms in total. The van der Waals surface area contributed by atoms with E-state index in [1.54, 1.807) is 6.33 Å². The Morgan fingerprint density at radius 3 is 2.76 bits per heavy atom. The third kappa shape index (κ3) is 1.56. The van der Waals surface area contributed by atoms with E-state index in [0.29, 0.717) is 5.65 Å². The van der Waals surface area contributed by atoms with Gasteiger partial charge in [0, 0.05) is 0 Å². The van der Waals surface area contributed by atoms with Crippen LogP contribution in [0.25, 0.3) is 16.7 Å². The van der Waals surface area contributed by atoms with Crippen LogP contribution in [-0.4, -0.2) is 19.6 Å². The van der Waals surface area contributed by atoms with E-state index in [4.69, 9.17) is 11.6 Å². The molecule has 0 aliphatic rings. The number of hydrogen-bond acceptors (Lipinski definition) is 3. The van der Waals surface area contributed by atoms with Crippen molar-refractivity contribution >= 4 is 28.3 Å². The summed E-state index contributed by atoms with van der Waals surface area (Å²) >= 11 is 6.35. The van der Waals surface area contributed by atoms with Gasteiger partial charge in [-0.2, -0.15) is 0 Å². The predicted molar refractivity (Wildman–Crippen MR) is 67.2 cm³/mol. The van der Waals surface area contributed by atoms with Gasteiger partial charge in [-0.25, -0.2) is 4.98 Å². The van der Waals surface area contributed by atoms with E-state index in [9.17, 15) is 0 Å². The van der Waals surface area contributed by atoms with E-state index >= 15 is 0 Å². The highest BCUT2D eigenvalue weighted by Gasteiger charge is 2.24. The second-order valence-electron chi connectivity index (χ2n) is 4.45. The Kier molecular flexibility index (Phi) is 2.10. The van der Waals surface area contributed by atoms with E-state index in [1.165, 1.54) is 0 Å². The first-order valence-electron chi connectivity index (χ1n) is 5.35. The van der Waals surface area contributed by atoms with Crippen molar-refractivity contribution in [3.63, 3.8) is 0 Å². The predicted octanol–water partition coefficient (Wildman–Crippen LogP) is 2.75. The molecule has 2 aromatic heterocycles. The molecule has 3 rings (SSSR count). The second-order valence-corrected chi connectivity index (χ2v) is 5.39. The van der Waals surface area contributed by atoms with Crippen molar-refractivity contribution in [2.24, 2.45) is 0 Å². The molecule has 0 N–H and O–H groups in total. The summed E-state index contributed by atoms with van der Waals surface area (Å²) in [6.07, 6.45) is 1.69. The Morgan fingerprint density at radius 2 is 2.00 bits per heavy atom. The Bertz CT molecular complexity index is 696. The molecule has 0 spiro atoms. The number of rotatable bonds is 1. The lowest BCUT2D eigenvalue weighted by atomic mass is 10.1. The zero-order valence-electron chi connectivity index (χ0n) is 9.55. The fourth-order valence-corrected chi connectivity index (χ4v) is 2.03. The number of para-hydroxylation sites is 2. The summed E-state index contributed by atoms with van der Waals surface area (Å²) in [6.45, 7) is 3.81. The largest absolute Gasteiger partial charge is 0.278 e. The molecule has 3 aromatic rings. The molecule has 5 heteroatoms. The summed E-state index contributed by atoms with van der Waals surface area (Å²) in [7, 11) is 0. The number of benzene rings is 1. The van der Waals surface area contributed by atoms with Crippen molar-refractivity contribution < 1.29 is 0 Å². The van der Waals surface area contributed by atoms with Crippen LogP contribution in [0.3, 0.4) is 0 Å². The van der Waals surface area contributed by atoms with Gasteiger partial charge in [-0.1, -0.05) is 12.1 Å². The quantitative estimate of drug-likeness (QED) is 0.620. The molecular formula is C12H11ClN4. The van der Waals surface area contributed by atoms with Crippen LogP contribution < -0.4 is 0 Å². The molecule has 0 atom stereocenters. The fourth-order valence-electron chi connectivity index (χ4n) is 1.90. The minimum atomic E-state index is -0.571. The highest BCUT2D eigenvalue weighted by atomic mass is 35.5. The van der Waals surface area contributed by atoms with Crippen molar-refractivity contribution in [2.75, 3.05) is 0 Å². The van der Waals surface area contributed by atoms with Gasteiger partial charge in [0.2, 0.25) is 0 Å². The minimum Gasteiger partial charge on any atom is -0.278 e. The van der Waals surface area contributed by atoms with Crippen LogP contribution in [0, 0.1) is 0 Å². The number of nitrogens with zero attached hydrogens (tertiary/aromatic N) is 4. The summed E-state index contributed by atoms with van der Waals surface area (Å²) in [6, 6.07) is 7.87. The van der Waals surface area contributed by atoms with Gasteiger partial charge in [-0.05, 0) is 26.0 Å². The Labute approximate surface area is 103 Å². The lowest BCUT2D eigenvalue weighted by Crippen LogP contribution is -2.13. The van der Waals surface area contributed by atoms with Crippen LogP contribution in [0.1, 0.15) is 19.5 Å². The molecule has 2 heterocycles. The second kappa shape index (κ2) is 3.40. The first kappa shape index (κ1) is 10.5. The zero-order valence-corrected chi connectivity index (χ0v) is 10.3. The van der Waals surface area contributed by atoms with E-state index < -0.39 is 4.87 Å². The number of alkyl halides is 1. The van der Waals surface area contributed by atoms with E-state index in [0.717, 1.165) is 16.7 Å². The maximum atomic E-state index is 6.35. The van der Waals surface area contributed by atoms with Crippen molar-refractivity contribution in [1.82, 2.24) is 19.6 Å². The Morgan fingerprint density at radius 1 is 1.24 bits per heavy atom. The lowest BCUT2D eigenvalue weighted by Gasteiger charge is -2.16. The summed E-state index contributed by atoms with van der Waals surface area (Å²) < 4.78 is 1.92. The normalized spacial score (nSPS) is 12.4. The monoisotopic (exact) mass is 246 g/mol. The molecule has 0 fully saturated rings. The van der Waals surface area contributed by atoms with Crippen LogP contribution in [0.15, 0.2) is 30.6 Å². The highest BCUT2D eigenvalue weighted by Crippen LogP contribution is 2.30. The van der Waals surface area contributed by atoms with Crippen molar-refractivity contribution in [3.05, 3.63) is 36.3 Å². The average Bonchev–Trinajstić information content (AvgIpc) is 2.75. The standard InChI is InChI=1S/C12H11ClN4/c1-12(2,13)10-11-16-14-7-17(11)9-6-4-3-5-8(9)15-10/h3-7H,1-2H3. The summed E-state index contributed by atoms with van der Waals surface area (Å²) in [5, 5.41) is 8.04. The molecule has 0 saturated carbocycles. The molecule has 0 bridgehead atoms. The van der Waals surface area contributed by atoms with Gasteiger partial charge in [0.25, 0.3) is 0 Å². The number of halogens is 1. The SMILES string of the molecule is CC(C)(Cl)c1nc2ccccc2n2cnnc12. The molecular weight excluding hydrogens is 236 g/mol. The van der Waals surface area contributed by atoms with Crippen molar-refractivity contribution in [3.8, 4) is 0 Å². The molecule has 17 heavy (non-hydrogen) atoms. The van der Waals surface area contributed by atoms with E-state index in [2.05, 4.69) is 15.2 Å². The molecule has 0 aliphatic carbocycles. The van der Waals surface area contributed by atoms with Crippen molar-refractivity contribution in [2.45, 2.75) is 18.7 Å². The molecule has 86 valence electrons. The maximum Gasteiger partial charge on any atom is 0.184 e. The van der Waals surface area contributed by atoms with Gasteiger partial charge >= 0.3 is 0 Å². The first-order chi connectivity index (χ1) is 8.07. The third-order valence-electron chi connectivity index (χ3n) is 2.70. The van der Waals surface area contributed by atoms with Gasteiger partial charge < -0.3 is 0 Å². The summed E-state index contributed by atoms with van der Waals surface area (Å²) in [5.41, 5.74) is 3.33. The smallest absolute Gasteiger partial charge is 0.184 e. The van der Waals surface area contributed by atoms with Gasteiger partial charge in [-0.15, -0.1) is 21.8 Å². The van der Waals surface area contributed by atoms with Gasteiger partial charge in [0.15, 0.2) is 5.65 Å². The highest BCUT2D eigenvalue weighted by molar-refractivity contribution is 6.23. The fraction of sp³-hybridized carbons (Fsp3) is 0.250. The van der Waals surface area contributed by atoms with Gasteiger partial charge in [0.05, 0.1) is 15.9 Å². The topological polar surface area (TPSA) is 43.1 Å². The van der Waals surface area contributed by atoms with Crippen LogP contribution in [0.2, 0.25) is 0 Å². The zero-order chi connectivity index (χ0) is 12.0. The molecule has 0 saturated heterocycles. The Hall–Kier alpha value is -1.68. The first-order valence-corrected chi connectivity index (χ1v) is 5.73. The molecule has 0 radical (unpaired) electrons. The van der Waals surface area contributed by atoms with Crippen LogP contribution >= 0.6 is 11.6 Å². The number of fused-ring (bicyclic) bond motifs is 3. The van der Waals surface area contributed by atoms with Crippen LogP contribution in [0.4, 0.5) is 0 Å². The van der Waals surface area contributed by atoms with E-state index in [-0.39, 0.29) is 0 Å².